The molecule has 3 rings (SSSR count). The van der Waals surface area contributed by atoms with Crippen LogP contribution >= 0.6 is 0 Å². The average molecular weight is 384 g/mol. The van der Waals surface area contributed by atoms with Gasteiger partial charge in [0.1, 0.15) is 11.9 Å². The SMILES string of the molecule is CN=C(NCc1cccc(F)c1)NCc1cccc(NC(=O)C2CCCO2)c1. The number of halogens is 1. The van der Waals surface area contributed by atoms with Crippen LogP contribution in [0.15, 0.2) is 53.5 Å². The van der Waals surface area contributed by atoms with Crippen molar-refractivity contribution in [1.29, 1.82) is 0 Å². The number of carbonyl (C=O) groups is 1. The van der Waals surface area contributed by atoms with E-state index in [2.05, 4.69) is 20.9 Å². The zero-order chi connectivity index (χ0) is 19.8. The molecule has 1 heterocycles. The highest BCUT2D eigenvalue weighted by Crippen LogP contribution is 2.16. The van der Waals surface area contributed by atoms with Gasteiger partial charge in [0, 0.05) is 32.4 Å². The van der Waals surface area contributed by atoms with Gasteiger partial charge in [0.2, 0.25) is 0 Å². The van der Waals surface area contributed by atoms with Gasteiger partial charge in [-0.05, 0) is 48.2 Å². The third-order valence-electron chi connectivity index (χ3n) is 4.45. The fourth-order valence-electron chi connectivity index (χ4n) is 3.01. The van der Waals surface area contributed by atoms with Crippen molar-refractivity contribution in [2.45, 2.75) is 32.0 Å². The molecule has 0 spiro atoms. The quantitative estimate of drug-likeness (QED) is 0.529. The maximum atomic E-state index is 13.3. The van der Waals surface area contributed by atoms with E-state index in [0.29, 0.717) is 25.7 Å². The normalized spacial score (nSPS) is 16.6. The number of carbonyl (C=O) groups excluding carboxylic acids is 1. The van der Waals surface area contributed by atoms with Crippen LogP contribution in [0.4, 0.5) is 10.1 Å². The van der Waals surface area contributed by atoms with Gasteiger partial charge < -0.3 is 20.7 Å². The minimum absolute atomic E-state index is 0.102. The van der Waals surface area contributed by atoms with E-state index in [4.69, 9.17) is 4.74 Å². The fraction of sp³-hybridized carbons (Fsp3) is 0.333. The van der Waals surface area contributed by atoms with Crippen molar-refractivity contribution in [3.63, 3.8) is 0 Å². The summed E-state index contributed by atoms with van der Waals surface area (Å²) in [5, 5.41) is 9.27. The summed E-state index contributed by atoms with van der Waals surface area (Å²) in [7, 11) is 1.68. The van der Waals surface area contributed by atoms with Crippen LogP contribution in [0.5, 0.6) is 0 Å². The Morgan fingerprint density at radius 1 is 1.14 bits per heavy atom. The molecule has 1 unspecified atom stereocenters. The number of aliphatic imine (C=N–C) groups is 1. The lowest BCUT2D eigenvalue weighted by atomic mass is 10.2. The van der Waals surface area contributed by atoms with E-state index in [0.717, 1.165) is 29.7 Å². The van der Waals surface area contributed by atoms with Crippen LogP contribution in [0.1, 0.15) is 24.0 Å². The first-order valence-electron chi connectivity index (χ1n) is 9.34. The number of ether oxygens (including phenoxy) is 1. The summed E-state index contributed by atoms with van der Waals surface area (Å²) in [5.41, 5.74) is 2.57. The fourth-order valence-corrected chi connectivity index (χ4v) is 3.01. The second kappa shape index (κ2) is 9.85. The van der Waals surface area contributed by atoms with Gasteiger partial charge in [0.25, 0.3) is 5.91 Å². The van der Waals surface area contributed by atoms with E-state index in [1.807, 2.05) is 30.3 Å². The number of rotatable bonds is 6. The number of nitrogens with one attached hydrogen (secondary N) is 3. The predicted octanol–water partition coefficient (Wildman–Crippen LogP) is 2.81. The summed E-state index contributed by atoms with van der Waals surface area (Å²) in [5.74, 6) is 0.248. The third-order valence-corrected chi connectivity index (χ3v) is 4.45. The molecule has 1 aliphatic rings. The standard InChI is InChI=1S/C21H25FN4O2/c1-23-21(24-13-15-5-2-7-17(22)11-15)25-14-16-6-3-8-18(12-16)26-20(27)19-9-4-10-28-19/h2-3,5-8,11-12,19H,4,9-10,13-14H2,1H3,(H,26,27)(H2,23,24,25). The molecule has 2 aromatic rings. The Labute approximate surface area is 164 Å². The van der Waals surface area contributed by atoms with Crippen LogP contribution in [-0.2, 0) is 22.6 Å². The molecule has 0 aromatic heterocycles. The van der Waals surface area contributed by atoms with Crippen LogP contribution < -0.4 is 16.0 Å². The molecule has 3 N–H and O–H groups in total. The largest absolute Gasteiger partial charge is 0.368 e. The second-order valence-electron chi connectivity index (χ2n) is 6.60. The number of anilines is 1. The molecule has 6 nitrogen and oxygen atoms in total. The smallest absolute Gasteiger partial charge is 0.253 e. The summed E-state index contributed by atoms with van der Waals surface area (Å²) in [6.45, 7) is 1.64. The van der Waals surface area contributed by atoms with E-state index >= 15 is 0 Å². The Morgan fingerprint density at radius 2 is 1.86 bits per heavy atom. The maximum absolute atomic E-state index is 13.3. The van der Waals surface area contributed by atoms with E-state index in [1.165, 1.54) is 12.1 Å². The number of nitrogens with zero attached hydrogens (tertiary/aromatic N) is 1. The van der Waals surface area contributed by atoms with Crippen LogP contribution in [-0.4, -0.2) is 31.6 Å². The highest BCUT2D eigenvalue weighted by atomic mass is 19.1. The van der Waals surface area contributed by atoms with Gasteiger partial charge in [-0.15, -0.1) is 0 Å². The molecule has 7 heteroatoms. The Kier molecular flexibility index (Phi) is 6.97. The predicted molar refractivity (Wildman–Crippen MR) is 107 cm³/mol. The molecule has 28 heavy (non-hydrogen) atoms. The number of guanidine groups is 1. The second-order valence-corrected chi connectivity index (χ2v) is 6.60. The molecule has 0 aliphatic carbocycles. The zero-order valence-electron chi connectivity index (χ0n) is 15.9. The van der Waals surface area contributed by atoms with Crippen LogP contribution in [0.2, 0.25) is 0 Å². The summed E-state index contributed by atoms with van der Waals surface area (Å²) < 4.78 is 18.7. The van der Waals surface area contributed by atoms with Gasteiger partial charge in [-0.3, -0.25) is 9.79 Å². The first-order chi connectivity index (χ1) is 13.6. The van der Waals surface area contributed by atoms with Gasteiger partial charge in [-0.1, -0.05) is 24.3 Å². The number of benzene rings is 2. The molecule has 1 fully saturated rings. The summed E-state index contributed by atoms with van der Waals surface area (Å²) in [6, 6.07) is 14.1. The molecule has 1 aliphatic heterocycles. The molecule has 148 valence electrons. The van der Waals surface area contributed by atoms with Gasteiger partial charge in [-0.25, -0.2) is 4.39 Å². The first-order valence-corrected chi connectivity index (χ1v) is 9.34. The lowest BCUT2D eigenvalue weighted by Gasteiger charge is -2.14. The summed E-state index contributed by atoms with van der Waals surface area (Å²) in [6.07, 6.45) is 1.33. The van der Waals surface area contributed by atoms with Crippen LogP contribution in [0.25, 0.3) is 0 Å². The number of hydrogen-bond acceptors (Lipinski definition) is 3. The summed E-state index contributed by atoms with van der Waals surface area (Å²) in [4.78, 5) is 16.4. The van der Waals surface area contributed by atoms with Crippen molar-refractivity contribution < 1.29 is 13.9 Å². The summed E-state index contributed by atoms with van der Waals surface area (Å²) >= 11 is 0. The Morgan fingerprint density at radius 3 is 2.50 bits per heavy atom. The molecule has 0 bridgehead atoms. The average Bonchev–Trinajstić information content (AvgIpc) is 3.23. The zero-order valence-corrected chi connectivity index (χ0v) is 15.9. The van der Waals surface area contributed by atoms with E-state index in [1.54, 1.807) is 13.1 Å². The van der Waals surface area contributed by atoms with E-state index in [-0.39, 0.29) is 17.8 Å². The highest BCUT2D eigenvalue weighted by molar-refractivity contribution is 5.94. The Balaban J connectivity index is 1.50. The monoisotopic (exact) mass is 384 g/mol. The molecule has 1 saturated heterocycles. The van der Waals surface area contributed by atoms with Gasteiger partial charge in [-0.2, -0.15) is 0 Å². The van der Waals surface area contributed by atoms with Crippen molar-refractivity contribution >= 4 is 17.6 Å². The maximum Gasteiger partial charge on any atom is 0.253 e. The molecular weight excluding hydrogens is 359 g/mol. The third kappa shape index (κ3) is 5.79. The Bertz CT molecular complexity index is 835. The van der Waals surface area contributed by atoms with Crippen molar-refractivity contribution in [2.24, 2.45) is 4.99 Å². The van der Waals surface area contributed by atoms with Gasteiger partial charge >= 0.3 is 0 Å². The number of amides is 1. The topological polar surface area (TPSA) is 74.8 Å². The molecule has 1 amide bonds. The molecule has 0 saturated carbocycles. The van der Waals surface area contributed by atoms with Gasteiger partial charge in [0.15, 0.2) is 5.96 Å². The molecule has 2 aromatic carbocycles. The first kappa shape index (κ1) is 19.8. The number of hydrogen-bond donors (Lipinski definition) is 3. The van der Waals surface area contributed by atoms with Crippen LogP contribution in [0, 0.1) is 5.82 Å². The molecule has 0 radical (unpaired) electrons. The van der Waals surface area contributed by atoms with Crippen molar-refractivity contribution in [3.05, 3.63) is 65.5 Å². The highest BCUT2D eigenvalue weighted by Gasteiger charge is 2.23. The van der Waals surface area contributed by atoms with E-state index in [9.17, 15) is 9.18 Å². The molecular formula is C21H25FN4O2. The van der Waals surface area contributed by atoms with E-state index < -0.39 is 0 Å². The lowest BCUT2D eigenvalue weighted by molar-refractivity contribution is -0.124. The van der Waals surface area contributed by atoms with Crippen molar-refractivity contribution in [3.8, 4) is 0 Å². The lowest BCUT2D eigenvalue weighted by Crippen LogP contribution is -2.36. The molecule has 1 atom stereocenters. The van der Waals surface area contributed by atoms with Gasteiger partial charge in [0.05, 0.1) is 0 Å². The van der Waals surface area contributed by atoms with Crippen molar-refractivity contribution in [1.82, 2.24) is 10.6 Å². The minimum Gasteiger partial charge on any atom is -0.368 e. The van der Waals surface area contributed by atoms with Crippen LogP contribution in [0.3, 0.4) is 0 Å². The Hall–Kier alpha value is -2.93. The van der Waals surface area contributed by atoms with Crippen molar-refractivity contribution in [2.75, 3.05) is 19.0 Å². The minimum atomic E-state index is -0.354.